The van der Waals surface area contributed by atoms with E-state index in [9.17, 15) is 0 Å². The van der Waals surface area contributed by atoms with Crippen LogP contribution in [0.2, 0.25) is 0 Å². The van der Waals surface area contributed by atoms with E-state index in [1.807, 2.05) is 0 Å². The molecular formula is C12H14ClN. The van der Waals surface area contributed by atoms with Gasteiger partial charge in [0.25, 0.3) is 0 Å². The first-order valence-electron chi connectivity index (χ1n) is 5.01. The fraction of sp³-hybridized carbons (Fsp3) is 0.333. The molecule has 0 aliphatic rings. The Bertz CT molecular complexity index is 405. The van der Waals surface area contributed by atoms with E-state index in [4.69, 9.17) is 11.6 Å². The molecule has 0 aliphatic heterocycles. The van der Waals surface area contributed by atoms with Crippen molar-refractivity contribution in [2.45, 2.75) is 19.4 Å². The van der Waals surface area contributed by atoms with E-state index >= 15 is 0 Å². The largest absolute Gasteiger partial charge is 0.347 e. The first-order chi connectivity index (χ1) is 6.92. The van der Waals surface area contributed by atoms with Gasteiger partial charge in [-0.05, 0) is 30.4 Å². The van der Waals surface area contributed by atoms with Crippen molar-refractivity contribution in [2.75, 3.05) is 5.88 Å². The molecule has 14 heavy (non-hydrogen) atoms. The van der Waals surface area contributed by atoms with Crippen LogP contribution in [-0.2, 0) is 6.54 Å². The first-order valence-corrected chi connectivity index (χ1v) is 5.55. The third kappa shape index (κ3) is 1.93. The third-order valence-corrected chi connectivity index (χ3v) is 2.73. The molecule has 1 aromatic heterocycles. The number of hydrogen-bond donors (Lipinski definition) is 0. The van der Waals surface area contributed by atoms with Gasteiger partial charge in [0.15, 0.2) is 0 Å². The molecule has 0 fully saturated rings. The minimum atomic E-state index is 0.763. The minimum Gasteiger partial charge on any atom is -0.347 e. The van der Waals surface area contributed by atoms with Crippen molar-refractivity contribution in [1.82, 2.24) is 4.57 Å². The van der Waals surface area contributed by atoms with Gasteiger partial charge in [-0.15, -0.1) is 11.6 Å². The number of fused-ring (bicyclic) bond motifs is 1. The molecule has 2 heteroatoms. The highest BCUT2D eigenvalue weighted by atomic mass is 35.5. The predicted octanol–water partition coefficient (Wildman–Crippen LogP) is 3.66. The van der Waals surface area contributed by atoms with Crippen LogP contribution in [0.25, 0.3) is 10.9 Å². The van der Waals surface area contributed by atoms with Gasteiger partial charge in [-0.25, -0.2) is 0 Å². The fourth-order valence-corrected chi connectivity index (χ4v) is 1.90. The highest BCUT2D eigenvalue weighted by Gasteiger charge is 1.98. The van der Waals surface area contributed by atoms with Crippen LogP contribution < -0.4 is 0 Å². The number of halogens is 1. The van der Waals surface area contributed by atoms with Crippen LogP contribution in [0, 0.1) is 0 Å². The van der Waals surface area contributed by atoms with Crippen LogP contribution in [0.3, 0.4) is 0 Å². The lowest BCUT2D eigenvalue weighted by atomic mass is 10.2. The third-order valence-electron chi connectivity index (χ3n) is 2.46. The Hall–Kier alpha value is -0.950. The van der Waals surface area contributed by atoms with Crippen molar-refractivity contribution in [1.29, 1.82) is 0 Å². The lowest BCUT2D eigenvalue weighted by Gasteiger charge is -2.03. The maximum atomic E-state index is 5.65. The molecule has 0 aliphatic carbocycles. The topological polar surface area (TPSA) is 4.93 Å². The molecule has 0 radical (unpaired) electrons. The van der Waals surface area contributed by atoms with Gasteiger partial charge in [-0.3, -0.25) is 0 Å². The quantitative estimate of drug-likeness (QED) is 0.533. The summed E-state index contributed by atoms with van der Waals surface area (Å²) < 4.78 is 2.29. The van der Waals surface area contributed by atoms with E-state index in [2.05, 4.69) is 41.1 Å². The molecule has 2 aromatic rings. The van der Waals surface area contributed by atoms with Crippen molar-refractivity contribution < 1.29 is 0 Å². The van der Waals surface area contributed by atoms with E-state index in [1.165, 1.54) is 10.9 Å². The molecule has 0 unspecified atom stereocenters. The normalized spacial score (nSPS) is 10.9. The van der Waals surface area contributed by atoms with Crippen molar-refractivity contribution in [3.05, 3.63) is 36.5 Å². The molecule has 74 valence electrons. The highest BCUT2D eigenvalue weighted by molar-refractivity contribution is 6.17. The van der Waals surface area contributed by atoms with E-state index in [-0.39, 0.29) is 0 Å². The number of aryl methyl sites for hydroxylation is 1. The Labute approximate surface area is 89.3 Å². The van der Waals surface area contributed by atoms with E-state index in [0.717, 1.165) is 25.3 Å². The summed E-state index contributed by atoms with van der Waals surface area (Å²) in [6.07, 6.45) is 4.40. The van der Waals surface area contributed by atoms with Gasteiger partial charge in [-0.2, -0.15) is 0 Å². The molecule has 0 saturated heterocycles. The summed E-state index contributed by atoms with van der Waals surface area (Å²) in [5.74, 6) is 0.763. The van der Waals surface area contributed by atoms with E-state index < -0.39 is 0 Å². The Balaban J connectivity index is 2.17. The predicted molar refractivity (Wildman–Crippen MR) is 61.9 cm³/mol. The van der Waals surface area contributed by atoms with Crippen molar-refractivity contribution in [3.63, 3.8) is 0 Å². The second-order valence-corrected chi connectivity index (χ2v) is 3.84. The number of unbranched alkanes of at least 4 members (excludes halogenated alkanes) is 1. The van der Waals surface area contributed by atoms with Crippen LogP contribution >= 0.6 is 11.6 Å². The lowest BCUT2D eigenvalue weighted by molar-refractivity contribution is 0.652. The average Bonchev–Trinajstić information content (AvgIpc) is 2.63. The standard InChI is InChI=1S/C12H14ClN/c13-8-3-4-9-14-10-7-11-5-1-2-6-12(11)14/h1-2,5-7,10H,3-4,8-9H2. The number of nitrogens with zero attached hydrogens (tertiary/aromatic N) is 1. The Morgan fingerprint density at radius 2 is 1.93 bits per heavy atom. The molecule has 0 amide bonds. The first kappa shape index (κ1) is 9.60. The summed E-state index contributed by atoms with van der Waals surface area (Å²) in [5, 5.41) is 1.32. The summed E-state index contributed by atoms with van der Waals surface area (Å²) in [6.45, 7) is 1.07. The maximum absolute atomic E-state index is 5.65. The molecule has 1 nitrogen and oxygen atoms in total. The Morgan fingerprint density at radius 3 is 2.79 bits per heavy atom. The zero-order valence-corrected chi connectivity index (χ0v) is 8.87. The SMILES string of the molecule is ClCCCCn1ccc2ccccc21. The number of para-hydroxylation sites is 1. The monoisotopic (exact) mass is 207 g/mol. The number of aromatic nitrogens is 1. The zero-order chi connectivity index (χ0) is 9.80. The molecule has 0 N–H and O–H groups in total. The number of hydrogen-bond acceptors (Lipinski definition) is 0. The summed E-state index contributed by atoms with van der Waals surface area (Å²) in [7, 11) is 0. The van der Waals surface area contributed by atoms with Crippen LogP contribution in [0.1, 0.15) is 12.8 Å². The number of benzene rings is 1. The van der Waals surface area contributed by atoms with E-state index in [0.29, 0.717) is 0 Å². The minimum absolute atomic E-state index is 0.763. The molecule has 1 heterocycles. The smallest absolute Gasteiger partial charge is 0.0480 e. The lowest BCUT2D eigenvalue weighted by Crippen LogP contribution is -1.95. The van der Waals surface area contributed by atoms with Crippen molar-refractivity contribution >= 4 is 22.5 Å². The van der Waals surface area contributed by atoms with Crippen LogP contribution in [0.4, 0.5) is 0 Å². The van der Waals surface area contributed by atoms with Gasteiger partial charge < -0.3 is 4.57 Å². The van der Waals surface area contributed by atoms with Gasteiger partial charge in [0.05, 0.1) is 0 Å². The average molecular weight is 208 g/mol. The molecule has 1 aromatic carbocycles. The molecule has 2 rings (SSSR count). The molecular weight excluding hydrogens is 194 g/mol. The van der Waals surface area contributed by atoms with Crippen LogP contribution in [0.5, 0.6) is 0 Å². The second-order valence-electron chi connectivity index (χ2n) is 3.46. The molecule has 0 bridgehead atoms. The molecule has 0 spiro atoms. The Morgan fingerprint density at radius 1 is 1.07 bits per heavy atom. The summed E-state index contributed by atoms with van der Waals surface area (Å²) in [5.41, 5.74) is 1.32. The van der Waals surface area contributed by atoms with E-state index in [1.54, 1.807) is 0 Å². The fourth-order valence-electron chi connectivity index (χ4n) is 1.71. The van der Waals surface area contributed by atoms with Gasteiger partial charge >= 0.3 is 0 Å². The van der Waals surface area contributed by atoms with Gasteiger partial charge in [0, 0.05) is 24.1 Å². The summed E-state index contributed by atoms with van der Waals surface area (Å²) in [6, 6.07) is 10.6. The molecule has 0 atom stereocenters. The van der Waals surface area contributed by atoms with Crippen molar-refractivity contribution in [2.24, 2.45) is 0 Å². The summed E-state index contributed by atoms with van der Waals surface area (Å²) >= 11 is 5.65. The maximum Gasteiger partial charge on any atom is 0.0480 e. The van der Waals surface area contributed by atoms with Crippen LogP contribution in [-0.4, -0.2) is 10.4 Å². The second kappa shape index (κ2) is 4.52. The summed E-state index contributed by atoms with van der Waals surface area (Å²) in [4.78, 5) is 0. The zero-order valence-electron chi connectivity index (χ0n) is 8.12. The van der Waals surface area contributed by atoms with Crippen LogP contribution in [0.15, 0.2) is 36.5 Å². The van der Waals surface area contributed by atoms with Gasteiger partial charge in [0.1, 0.15) is 0 Å². The number of alkyl halides is 1. The van der Waals surface area contributed by atoms with Gasteiger partial charge in [-0.1, -0.05) is 18.2 Å². The highest BCUT2D eigenvalue weighted by Crippen LogP contribution is 2.15. The van der Waals surface area contributed by atoms with Crippen molar-refractivity contribution in [3.8, 4) is 0 Å². The Kier molecular flexibility index (Phi) is 3.10. The molecule has 0 saturated carbocycles. The number of rotatable bonds is 4. The van der Waals surface area contributed by atoms with Gasteiger partial charge in [0.2, 0.25) is 0 Å².